The van der Waals surface area contributed by atoms with E-state index in [1.165, 1.54) is 159 Å². The standard InChI is InChI=1S/C86H71BN2O/c1-83(2,3)52-40-53(84(4,5)6)43-56(42-52)88-70-38-51(50-35-36-75-67(37-50)58-25-13-14-34-74(58)90-75)39-71-82(70)87(80-65-32-19-30-61-59-26-15-21-48-23-17-28-63(76(48)59)68(78(61)65)46-72(80)88)81-66-33-20-31-62-60-27-16-22-49-24-18-29-64(77(49)60)69(79(62)66)47-73(81)89(71)57-44-54(85(7,8)9)41-55(45-57)86(10,11)12/h13-47H,1-12H3. The molecule has 0 radical (unpaired) electrons. The summed E-state index contributed by atoms with van der Waals surface area (Å²) in [5, 5.41) is 23.0. The molecule has 0 saturated heterocycles. The predicted octanol–water partition coefficient (Wildman–Crippen LogP) is 22.6. The van der Waals surface area contributed by atoms with Gasteiger partial charge in [-0.3, -0.25) is 0 Å². The molecule has 16 aromatic rings. The van der Waals surface area contributed by atoms with Crippen LogP contribution >= 0.6 is 0 Å². The van der Waals surface area contributed by atoms with Crippen LogP contribution in [0, 0.1) is 0 Å². The van der Waals surface area contributed by atoms with Crippen LogP contribution < -0.4 is 26.2 Å². The topological polar surface area (TPSA) is 19.6 Å². The Morgan fingerprint density at radius 2 is 0.622 bits per heavy atom. The van der Waals surface area contributed by atoms with E-state index in [-0.39, 0.29) is 28.4 Å². The quantitative estimate of drug-likeness (QED) is 0.0999. The lowest BCUT2D eigenvalue weighted by molar-refractivity contribution is 0.568. The smallest absolute Gasteiger partial charge is 0.253 e. The van der Waals surface area contributed by atoms with Crippen LogP contribution in [-0.2, 0) is 21.7 Å². The molecule has 90 heavy (non-hydrogen) atoms. The van der Waals surface area contributed by atoms with Crippen molar-refractivity contribution >= 4 is 165 Å². The Morgan fingerprint density at radius 1 is 0.267 bits per heavy atom. The number of hydrogen-bond donors (Lipinski definition) is 0. The van der Waals surface area contributed by atoms with Crippen molar-refractivity contribution in [1.82, 2.24) is 0 Å². The number of anilines is 6. The Morgan fingerprint density at radius 3 is 1.06 bits per heavy atom. The van der Waals surface area contributed by atoms with Gasteiger partial charge in [0.15, 0.2) is 0 Å². The van der Waals surface area contributed by atoms with Crippen LogP contribution in [0.5, 0.6) is 0 Å². The molecule has 0 amide bonds. The number of furan rings is 1. The van der Waals surface area contributed by atoms with Crippen molar-refractivity contribution < 1.29 is 4.42 Å². The zero-order chi connectivity index (χ0) is 61.4. The van der Waals surface area contributed by atoms with E-state index in [0.29, 0.717) is 0 Å². The summed E-state index contributed by atoms with van der Waals surface area (Å²) in [7, 11) is 0. The fraction of sp³-hybridized carbons (Fsp3) is 0.186. The van der Waals surface area contributed by atoms with E-state index < -0.39 is 0 Å². The third kappa shape index (κ3) is 7.48. The second-order valence-corrected chi connectivity index (χ2v) is 30.5. The average Bonchev–Trinajstić information content (AvgIpc) is 0.794. The van der Waals surface area contributed by atoms with Crippen LogP contribution in [0.15, 0.2) is 217 Å². The molecular weight excluding hydrogens is 1090 g/mol. The van der Waals surface area contributed by atoms with E-state index in [9.17, 15) is 0 Å². The molecule has 0 bridgehead atoms. The van der Waals surface area contributed by atoms with Gasteiger partial charge in [0.25, 0.3) is 6.71 Å². The number of benzene rings is 15. The van der Waals surface area contributed by atoms with Gasteiger partial charge in [-0.05, 0) is 224 Å². The van der Waals surface area contributed by atoms with E-state index in [4.69, 9.17) is 4.42 Å². The molecule has 18 rings (SSSR count). The summed E-state index contributed by atoms with van der Waals surface area (Å²) >= 11 is 0. The molecule has 0 N–H and O–H groups in total. The maximum Gasteiger partial charge on any atom is 0.253 e. The van der Waals surface area contributed by atoms with E-state index >= 15 is 0 Å². The lowest BCUT2D eigenvalue weighted by atomic mass is 9.32. The maximum atomic E-state index is 6.59. The van der Waals surface area contributed by atoms with Gasteiger partial charge in [0.2, 0.25) is 0 Å². The molecule has 0 aliphatic carbocycles. The Hall–Kier alpha value is -9.64. The zero-order valence-electron chi connectivity index (χ0n) is 53.6. The third-order valence-electron chi connectivity index (χ3n) is 20.8. The number of fused-ring (bicyclic) bond motifs is 13. The minimum Gasteiger partial charge on any atom is -0.456 e. The van der Waals surface area contributed by atoms with Crippen LogP contribution in [0.25, 0.3) is 119 Å². The van der Waals surface area contributed by atoms with Crippen molar-refractivity contribution in [2.75, 3.05) is 9.80 Å². The summed E-state index contributed by atoms with van der Waals surface area (Å²) in [6.07, 6.45) is 0. The highest BCUT2D eigenvalue weighted by atomic mass is 16.3. The van der Waals surface area contributed by atoms with Crippen molar-refractivity contribution in [3.05, 3.63) is 235 Å². The minimum atomic E-state index is -0.211. The Balaban J connectivity index is 1.09. The van der Waals surface area contributed by atoms with E-state index in [1.54, 1.807) is 0 Å². The molecule has 4 heteroatoms. The fourth-order valence-electron chi connectivity index (χ4n) is 16.2. The monoisotopic (exact) mass is 1160 g/mol. The van der Waals surface area contributed by atoms with Crippen LogP contribution in [0.3, 0.4) is 0 Å². The van der Waals surface area contributed by atoms with Crippen LogP contribution in [0.4, 0.5) is 34.1 Å². The second-order valence-electron chi connectivity index (χ2n) is 30.5. The van der Waals surface area contributed by atoms with E-state index in [0.717, 1.165) is 33.1 Å². The molecule has 3 heterocycles. The molecule has 0 saturated carbocycles. The average molecular weight is 1160 g/mol. The first kappa shape index (κ1) is 53.4. The summed E-state index contributed by atoms with van der Waals surface area (Å²) in [6, 6.07) is 83.0. The molecule has 2 aliphatic rings. The lowest BCUT2D eigenvalue weighted by Crippen LogP contribution is -2.62. The molecule has 0 atom stereocenters. The summed E-state index contributed by atoms with van der Waals surface area (Å²) in [5.41, 5.74) is 19.9. The van der Waals surface area contributed by atoms with Crippen molar-refractivity contribution in [2.45, 2.75) is 105 Å². The molecular formula is C86H71BN2O. The molecule has 1 aromatic heterocycles. The van der Waals surface area contributed by atoms with E-state index in [1.807, 2.05) is 0 Å². The summed E-state index contributed by atoms with van der Waals surface area (Å²) in [6.45, 7) is 28.3. The zero-order valence-corrected chi connectivity index (χ0v) is 53.6. The Bertz CT molecular complexity index is 5420. The molecule has 0 spiro atoms. The number of hydrogen-bond acceptors (Lipinski definition) is 3. The lowest BCUT2D eigenvalue weighted by Gasteiger charge is -2.46. The van der Waals surface area contributed by atoms with Gasteiger partial charge in [0.1, 0.15) is 11.2 Å². The van der Waals surface area contributed by atoms with Gasteiger partial charge < -0.3 is 14.2 Å². The van der Waals surface area contributed by atoms with Gasteiger partial charge in [0.05, 0.1) is 0 Å². The van der Waals surface area contributed by atoms with Gasteiger partial charge >= 0.3 is 0 Å². The van der Waals surface area contributed by atoms with E-state index in [2.05, 4.69) is 305 Å². The summed E-state index contributed by atoms with van der Waals surface area (Å²) in [4.78, 5) is 5.45. The Labute approximate surface area is 526 Å². The Kier molecular flexibility index (Phi) is 10.7. The maximum absolute atomic E-state index is 6.59. The fourth-order valence-corrected chi connectivity index (χ4v) is 16.2. The van der Waals surface area contributed by atoms with Crippen molar-refractivity contribution in [1.29, 1.82) is 0 Å². The van der Waals surface area contributed by atoms with Gasteiger partial charge in [-0.25, -0.2) is 0 Å². The summed E-state index contributed by atoms with van der Waals surface area (Å²) < 4.78 is 6.59. The predicted molar refractivity (Wildman–Crippen MR) is 390 cm³/mol. The van der Waals surface area contributed by atoms with Crippen molar-refractivity contribution in [3.8, 4) is 11.1 Å². The van der Waals surface area contributed by atoms with Gasteiger partial charge in [-0.1, -0.05) is 229 Å². The first-order chi connectivity index (χ1) is 43.2. The summed E-state index contributed by atoms with van der Waals surface area (Å²) in [5.74, 6) is 0. The molecule has 2 aliphatic heterocycles. The SMILES string of the molecule is CC(C)(C)c1cc(N2c3cc(-c4ccc5oc6ccccc6c5c4)cc4c3B(c3c2cc2c5cccc6cccc(c7cccc3c72)c65)c2c(cc3c5cccc6cccc(c7cccc2c73)c65)N4c2cc(C(C)(C)C)cc(C(C)(C)C)c2)cc(C(C)(C)C)c1. The van der Waals surface area contributed by atoms with Crippen molar-refractivity contribution in [3.63, 3.8) is 0 Å². The van der Waals surface area contributed by atoms with Gasteiger partial charge in [0, 0.05) is 44.9 Å². The molecule has 15 aromatic carbocycles. The number of rotatable bonds is 3. The molecule has 434 valence electrons. The van der Waals surface area contributed by atoms with Crippen LogP contribution in [0.1, 0.15) is 105 Å². The molecule has 0 unspecified atom stereocenters. The normalized spacial score (nSPS) is 13.9. The minimum absolute atomic E-state index is 0.147. The largest absolute Gasteiger partial charge is 0.456 e. The first-order valence-electron chi connectivity index (χ1n) is 32.4. The van der Waals surface area contributed by atoms with Gasteiger partial charge in [-0.2, -0.15) is 0 Å². The third-order valence-corrected chi connectivity index (χ3v) is 20.8. The molecule has 3 nitrogen and oxygen atoms in total. The number of nitrogens with zero attached hydrogens (tertiary/aromatic N) is 2. The first-order valence-corrected chi connectivity index (χ1v) is 32.4. The van der Waals surface area contributed by atoms with Crippen molar-refractivity contribution in [2.24, 2.45) is 0 Å². The molecule has 0 fully saturated rings. The van der Waals surface area contributed by atoms with Crippen LogP contribution in [-0.4, -0.2) is 6.71 Å². The highest BCUT2D eigenvalue weighted by molar-refractivity contribution is 7.03. The highest BCUT2D eigenvalue weighted by Gasteiger charge is 2.47. The van der Waals surface area contributed by atoms with Gasteiger partial charge in [-0.15, -0.1) is 0 Å². The number of para-hydroxylation sites is 1. The highest BCUT2D eigenvalue weighted by Crippen LogP contribution is 2.54. The second kappa shape index (κ2) is 18.0. The van der Waals surface area contributed by atoms with Crippen LogP contribution in [0.2, 0.25) is 0 Å².